The minimum atomic E-state index is 0.0135. The molecule has 2 aromatic rings. The Hall–Kier alpha value is -2.15. The van der Waals surface area contributed by atoms with Gasteiger partial charge in [-0.2, -0.15) is 0 Å². The van der Waals surface area contributed by atoms with E-state index in [-0.39, 0.29) is 11.8 Å². The molecule has 1 aliphatic rings. The van der Waals surface area contributed by atoms with Gasteiger partial charge in [-0.15, -0.1) is 0 Å². The highest BCUT2D eigenvalue weighted by molar-refractivity contribution is 5.85. The van der Waals surface area contributed by atoms with E-state index in [2.05, 4.69) is 9.55 Å². The number of aryl methyl sites for hydroxylation is 1. The standard InChI is InChI=1S/C20H31N5O2/c1-13(2)20(26)24(4)7-9-27-10-8-25-16-11-14(3)22-19(21)18(16)23-17(25)12-15-5-6-15/h11,13,15H,5-10,12H2,1-4H3,(H2,21,22). The predicted octanol–water partition coefficient (Wildman–Crippen LogP) is 2.41. The van der Waals surface area contributed by atoms with Crippen LogP contribution in [0, 0.1) is 18.8 Å². The molecule has 1 amide bonds. The molecule has 1 fully saturated rings. The van der Waals surface area contributed by atoms with Gasteiger partial charge in [-0.25, -0.2) is 9.97 Å². The van der Waals surface area contributed by atoms with Crippen LogP contribution in [0.2, 0.25) is 0 Å². The summed E-state index contributed by atoms with van der Waals surface area (Å²) < 4.78 is 8.03. The SMILES string of the molecule is Cc1cc2c(nc(CC3CC3)n2CCOCCN(C)C(=O)C(C)C)c(N)n1. The van der Waals surface area contributed by atoms with Gasteiger partial charge in [0, 0.05) is 38.2 Å². The Morgan fingerprint density at radius 1 is 1.37 bits per heavy atom. The molecule has 2 N–H and O–H groups in total. The topological polar surface area (TPSA) is 86.3 Å². The van der Waals surface area contributed by atoms with Gasteiger partial charge in [0.15, 0.2) is 5.82 Å². The van der Waals surface area contributed by atoms with Gasteiger partial charge in [0.25, 0.3) is 0 Å². The molecule has 2 aromatic heterocycles. The van der Waals surface area contributed by atoms with Gasteiger partial charge in [-0.05, 0) is 31.7 Å². The van der Waals surface area contributed by atoms with E-state index >= 15 is 0 Å². The highest BCUT2D eigenvalue weighted by Gasteiger charge is 2.25. The van der Waals surface area contributed by atoms with E-state index in [0.29, 0.717) is 25.6 Å². The monoisotopic (exact) mass is 373 g/mol. The van der Waals surface area contributed by atoms with Crippen molar-refractivity contribution in [1.29, 1.82) is 0 Å². The maximum atomic E-state index is 11.9. The van der Waals surface area contributed by atoms with E-state index in [1.54, 1.807) is 4.90 Å². The number of pyridine rings is 1. The van der Waals surface area contributed by atoms with Crippen LogP contribution in [0.1, 0.15) is 38.2 Å². The summed E-state index contributed by atoms with van der Waals surface area (Å²) in [7, 11) is 1.82. The fourth-order valence-electron chi connectivity index (χ4n) is 3.32. The number of hydrogen-bond acceptors (Lipinski definition) is 5. The number of aromatic nitrogens is 3. The molecule has 1 aliphatic carbocycles. The third kappa shape index (κ3) is 4.77. The number of nitrogens with two attached hydrogens (primary N) is 1. The molecule has 0 aliphatic heterocycles. The second kappa shape index (κ2) is 8.25. The van der Waals surface area contributed by atoms with E-state index in [1.807, 2.05) is 33.9 Å². The van der Waals surface area contributed by atoms with Crippen molar-refractivity contribution in [3.8, 4) is 0 Å². The van der Waals surface area contributed by atoms with E-state index in [4.69, 9.17) is 15.5 Å². The highest BCUT2D eigenvalue weighted by atomic mass is 16.5. The van der Waals surface area contributed by atoms with Crippen LogP contribution >= 0.6 is 0 Å². The number of hydrogen-bond donors (Lipinski definition) is 1. The van der Waals surface area contributed by atoms with Crippen molar-refractivity contribution >= 4 is 22.8 Å². The summed E-state index contributed by atoms with van der Waals surface area (Å²) in [5.74, 6) is 2.47. The molecular weight excluding hydrogens is 342 g/mol. The number of nitrogen functional groups attached to an aromatic ring is 1. The van der Waals surface area contributed by atoms with Gasteiger partial charge < -0.3 is 19.9 Å². The second-order valence-corrected chi connectivity index (χ2v) is 7.87. The number of imidazole rings is 1. The molecule has 7 heteroatoms. The minimum Gasteiger partial charge on any atom is -0.382 e. The maximum Gasteiger partial charge on any atom is 0.224 e. The predicted molar refractivity (Wildman–Crippen MR) is 106 cm³/mol. The Morgan fingerprint density at radius 3 is 2.78 bits per heavy atom. The number of carbonyl (C=O) groups excluding carboxylic acids is 1. The lowest BCUT2D eigenvalue weighted by Gasteiger charge is -2.19. The van der Waals surface area contributed by atoms with E-state index in [1.165, 1.54) is 12.8 Å². The van der Waals surface area contributed by atoms with Gasteiger partial charge in [-0.1, -0.05) is 13.8 Å². The number of amides is 1. The Balaban J connectivity index is 1.62. The molecule has 2 heterocycles. The molecule has 3 rings (SSSR count). The minimum absolute atomic E-state index is 0.0135. The first-order valence-electron chi connectivity index (χ1n) is 9.81. The lowest BCUT2D eigenvalue weighted by Crippen LogP contribution is -2.33. The quantitative estimate of drug-likeness (QED) is 0.682. The Kier molecular flexibility index (Phi) is 5.99. The normalized spacial score (nSPS) is 14.3. The zero-order valence-corrected chi connectivity index (χ0v) is 16.9. The summed E-state index contributed by atoms with van der Waals surface area (Å²) >= 11 is 0. The van der Waals surface area contributed by atoms with Crippen LogP contribution in [0.25, 0.3) is 11.0 Å². The zero-order chi connectivity index (χ0) is 19.6. The van der Waals surface area contributed by atoms with Gasteiger partial charge in [0.2, 0.25) is 5.91 Å². The molecule has 0 unspecified atom stereocenters. The van der Waals surface area contributed by atoms with E-state index in [9.17, 15) is 4.79 Å². The average Bonchev–Trinajstić information content (AvgIpc) is 3.36. The Labute approximate surface area is 160 Å². The number of anilines is 1. The van der Waals surface area contributed by atoms with Crippen LogP contribution in [-0.2, 0) is 22.5 Å². The molecule has 0 radical (unpaired) electrons. The van der Waals surface area contributed by atoms with Gasteiger partial charge in [-0.3, -0.25) is 4.79 Å². The average molecular weight is 374 g/mol. The largest absolute Gasteiger partial charge is 0.382 e. The number of ether oxygens (including phenoxy) is 1. The molecule has 27 heavy (non-hydrogen) atoms. The number of fused-ring (bicyclic) bond motifs is 1. The van der Waals surface area contributed by atoms with Crippen molar-refractivity contribution in [3.63, 3.8) is 0 Å². The summed E-state index contributed by atoms with van der Waals surface area (Å²) in [6.45, 7) is 8.21. The van der Waals surface area contributed by atoms with Crippen LogP contribution < -0.4 is 5.73 Å². The van der Waals surface area contributed by atoms with Crippen molar-refractivity contribution in [2.24, 2.45) is 11.8 Å². The van der Waals surface area contributed by atoms with Gasteiger partial charge in [0.05, 0.1) is 18.7 Å². The first-order chi connectivity index (χ1) is 12.9. The first kappa shape index (κ1) is 19.6. The molecule has 0 atom stereocenters. The summed E-state index contributed by atoms with van der Waals surface area (Å²) in [4.78, 5) is 22.7. The van der Waals surface area contributed by atoms with Crippen molar-refractivity contribution in [3.05, 3.63) is 17.6 Å². The third-order valence-corrected chi connectivity index (χ3v) is 5.04. The van der Waals surface area contributed by atoms with Crippen molar-refractivity contribution in [2.75, 3.05) is 32.5 Å². The first-order valence-corrected chi connectivity index (χ1v) is 9.81. The lowest BCUT2D eigenvalue weighted by molar-refractivity contribution is -0.133. The maximum absolute atomic E-state index is 11.9. The summed E-state index contributed by atoms with van der Waals surface area (Å²) in [6, 6.07) is 2.05. The fourth-order valence-corrected chi connectivity index (χ4v) is 3.32. The second-order valence-electron chi connectivity index (χ2n) is 7.87. The molecule has 0 saturated heterocycles. The molecule has 0 bridgehead atoms. The van der Waals surface area contributed by atoms with Gasteiger partial charge in [0.1, 0.15) is 11.3 Å². The third-order valence-electron chi connectivity index (χ3n) is 5.04. The van der Waals surface area contributed by atoms with E-state index < -0.39 is 0 Å². The highest BCUT2D eigenvalue weighted by Crippen LogP contribution is 2.33. The molecule has 7 nitrogen and oxygen atoms in total. The summed E-state index contributed by atoms with van der Waals surface area (Å²) in [6.07, 6.45) is 3.55. The van der Waals surface area contributed by atoms with Crippen LogP contribution in [-0.4, -0.2) is 52.1 Å². The molecule has 0 spiro atoms. The smallest absolute Gasteiger partial charge is 0.224 e. The molecule has 1 saturated carbocycles. The van der Waals surface area contributed by atoms with Crippen molar-refractivity contribution < 1.29 is 9.53 Å². The zero-order valence-electron chi connectivity index (χ0n) is 16.9. The summed E-state index contributed by atoms with van der Waals surface area (Å²) in [5.41, 5.74) is 8.81. The van der Waals surface area contributed by atoms with Crippen LogP contribution in [0.3, 0.4) is 0 Å². The van der Waals surface area contributed by atoms with Crippen molar-refractivity contribution in [2.45, 2.75) is 46.6 Å². The number of nitrogens with zero attached hydrogens (tertiary/aromatic N) is 4. The molecule has 148 valence electrons. The van der Waals surface area contributed by atoms with Crippen molar-refractivity contribution in [1.82, 2.24) is 19.4 Å². The van der Waals surface area contributed by atoms with Crippen LogP contribution in [0.5, 0.6) is 0 Å². The number of likely N-dealkylation sites (N-methyl/N-ethyl adjacent to an activating group) is 1. The fraction of sp³-hybridized carbons (Fsp3) is 0.650. The number of rotatable bonds is 9. The van der Waals surface area contributed by atoms with Crippen LogP contribution in [0.4, 0.5) is 5.82 Å². The van der Waals surface area contributed by atoms with E-state index in [0.717, 1.165) is 41.4 Å². The van der Waals surface area contributed by atoms with Gasteiger partial charge >= 0.3 is 0 Å². The Bertz CT molecular complexity index is 810. The molecule has 0 aromatic carbocycles. The number of carbonyl (C=O) groups is 1. The lowest BCUT2D eigenvalue weighted by atomic mass is 10.2. The molecular formula is C20H31N5O2. The summed E-state index contributed by atoms with van der Waals surface area (Å²) in [5, 5.41) is 0. The Morgan fingerprint density at radius 2 is 2.11 bits per heavy atom. The van der Waals surface area contributed by atoms with Crippen LogP contribution in [0.15, 0.2) is 6.07 Å².